The predicted octanol–water partition coefficient (Wildman–Crippen LogP) is 7.60. The number of rotatable bonds is 5. The quantitative estimate of drug-likeness (QED) is 0.447. The Balaban J connectivity index is 2.29. The van der Waals surface area contributed by atoms with Crippen molar-refractivity contribution in [3.8, 4) is 0 Å². The molecular formula is C25H45NSi2. The van der Waals surface area contributed by atoms with E-state index in [0.717, 1.165) is 12.5 Å². The molecule has 0 aromatic heterocycles. The smallest absolute Gasteiger partial charge is 0.0770 e. The molecule has 0 radical (unpaired) electrons. The molecule has 0 spiro atoms. The van der Waals surface area contributed by atoms with Crippen LogP contribution in [0, 0.1) is 5.92 Å². The first-order valence-electron chi connectivity index (χ1n) is 11.1. The van der Waals surface area contributed by atoms with E-state index >= 15 is 0 Å². The molecule has 0 saturated carbocycles. The van der Waals surface area contributed by atoms with Crippen LogP contribution in [0.25, 0.3) is 0 Å². The molecule has 1 aliphatic rings. The van der Waals surface area contributed by atoms with Gasteiger partial charge in [0.1, 0.15) is 0 Å². The summed E-state index contributed by atoms with van der Waals surface area (Å²) in [6.07, 6.45) is 0. The van der Waals surface area contributed by atoms with E-state index in [1.807, 2.05) is 0 Å². The molecular weight excluding hydrogens is 370 g/mol. The Morgan fingerprint density at radius 3 is 2.00 bits per heavy atom. The summed E-state index contributed by atoms with van der Waals surface area (Å²) < 4.78 is 0. The molecule has 0 bridgehead atoms. The number of benzene rings is 1. The van der Waals surface area contributed by atoms with Gasteiger partial charge in [-0.25, -0.2) is 0 Å². The van der Waals surface area contributed by atoms with Crippen LogP contribution in [0.5, 0.6) is 0 Å². The van der Waals surface area contributed by atoms with Crippen molar-refractivity contribution in [1.82, 2.24) is 4.90 Å². The van der Waals surface area contributed by atoms with Crippen LogP contribution in [0.1, 0.15) is 47.1 Å². The second-order valence-corrected chi connectivity index (χ2v) is 23.3. The first-order chi connectivity index (χ1) is 12.6. The summed E-state index contributed by atoms with van der Waals surface area (Å²) in [5.41, 5.74) is 5.99. The van der Waals surface area contributed by atoms with Gasteiger partial charge in [0.15, 0.2) is 0 Å². The lowest BCUT2D eigenvalue weighted by Gasteiger charge is -2.40. The van der Waals surface area contributed by atoms with Gasteiger partial charge in [0.05, 0.1) is 16.1 Å². The van der Waals surface area contributed by atoms with Crippen LogP contribution in [0.2, 0.25) is 42.3 Å². The van der Waals surface area contributed by atoms with Crippen LogP contribution in [0.4, 0.5) is 0 Å². The Kier molecular flexibility index (Phi) is 6.95. The molecule has 1 atom stereocenters. The minimum absolute atomic E-state index is 0.411. The van der Waals surface area contributed by atoms with E-state index in [2.05, 4.69) is 109 Å². The molecule has 2 rings (SSSR count). The zero-order chi connectivity index (χ0) is 21.4. The van der Waals surface area contributed by atoms with Gasteiger partial charge in [-0.15, -0.1) is 0 Å². The van der Waals surface area contributed by atoms with Gasteiger partial charge in [0, 0.05) is 19.6 Å². The van der Waals surface area contributed by atoms with Gasteiger partial charge in [-0.2, -0.15) is 0 Å². The standard InChI is InChI=1S/C25H45NSi2/c1-24(2,3)27(7,8)19-22-17-26(16-21-14-12-11-13-15-21)18-23(22)20-28(9,10)25(4,5)6/h11-15,19,23H,16-18,20H2,1-10H3/b22-19-. The average Bonchev–Trinajstić information content (AvgIpc) is 2.86. The maximum Gasteiger partial charge on any atom is 0.0770 e. The van der Waals surface area contributed by atoms with Crippen LogP contribution in [-0.4, -0.2) is 34.1 Å². The van der Waals surface area contributed by atoms with Crippen molar-refractivity contribution in [3.05, 3.63) is 47.2 Å². The number of hydrogen-bond donors (Lipinski definition) is 0. The molecule has 3 heteroatoms. The summed E-state index contributed by atoms with van der Waals surface area (Å²) in [5.74, 6) is 0.749. The summed E-state index contributed by atoms with van der Waals surface area (Å²) in [6.45, 7) is 28.5. The highest BCUT2D eigenvalue weighted by Gasteiger charge is 2.41. The summed E-state index contributed by atoms with van der Waals surface area (Å²) in [4.78, 5) is 2.70. The fourth-order valence-corrected chi connectivity index (χ4v) is 7.73. The van der Waals surface area contributed by atoms with E-state index in [9.17, 15) is 0 Å². The van der Waals surface area contributed by atoms with Crippen molar-refractivity contribution in [1.29, 1.82) is 0 Å². The van der Waals surface area contributed by atoms with Crippen LogP contribution >= 0.6 is 0 Å². The first kappa shape index (κ1) is 23.6. The third-order valence-corrected chi connectivity index (χ3v) is 18.5. The SMILES string of the molecule is CC(C)(C)[Si](C)(C)/C=C1/CN(Cc2ccccc2)CC1C[Si](C)(C)C(C)(C)C. The Labute approximate surface area is 177 Å². The van der Waals surface area contributed by atoms with Crippen LogP contribution in [-0.2, 0) is 6.54 Å². The second-order valence-electron chi connectivity index (χ2n) is 12.4. The molecule has 1 heterocycles. The average molecular weight is 416 g/mol. The highest BCUT2D eigenvalue weighted by Crippen LogP contribution is 2.45. The molecule has 1 fully saturated rings. The monoisotopic (exact) mass is 415 g/mol. The molecule has 1 aromatic rings. The molecule has 1 nitrogen and oxygen atoms in total. The number of hydrogen-bond acceptors (Lipinski definition) is 1. The number of nitrogens with zero attached hydrogens (tertiary/aromatic N) is 1. The molecule has 1 unspecified atom stereocenters. The van der Waals surface area contributed by atoms with Crippen molar-refractivity contribution in [2.75, 3.05) is 13.1 Å². The molecule has 1 aliphatic heterocycles. The van der Waals surface area contributed by atoms with Crippen molar-refractivity contribution in [2.24, 2.45) is 5.92 Å². The predicted molar refractivity (Wildman–Crippen MR) is 132 cm³/mol. The number of likely N-dealkylation sites (tertiary alicyclic amines) is 1. The fourth-order valence-electron chi connectivity index (χ4n) is 3.80. The summed E-state index contributed by atoms with van der Waals surface area (Å²) >= 11 is 0. The molecule has 28 heavy (non-hydrogen) atoms. The zero-order valence-corrected chi connectivity index (χ0v) is 22.3. The van der Waals surface area contributed by atoms with E-state index in [1.165, 1.54) is 24.7 Å². The third-order valence-electron chi connectivity index (χ3n) is 7.92. The Morgan fingerprint density at radius 1 is 0.929 bits per heavy atom. The van der Waals surface area contributed by atoms with Gasteiger partial charge in [-0.05, 0) is 27.6 Å². The molecule has 1 saturated heterocycles. The summed E-state index contributed by atoms with van der Waals surface area (Å²) in [6, 6.07) is 12.4. The summed E-state index contributed by atoms with van der Waals surface area (Å²) in [7, 11) is -2.73. The Morgan fingerprint density at radius 2 is 1.50 bits per heavy atom. The maximum atomic E-state index is 2.79. The third kappa shape index (κ3) is 5.70. The highest BCUT2D eigenvalue weighted by atomic mass is 28.3. The lowest BCUT2D eigenvalue weighted by molar-refractivity contribution is 0.321. The zero-order valence-electron chi connectivity index (χ0n) is 20.3. The van der Waals surface area contributed by atoms with Gasteiger partial charge in [0.2, 0.25) is 0 Å². The normalized spacial score (nSPS) is 21.5. The molecule has 0 aliphatic carbocycles. The van der Waals surface area contributed by atoms with E-state index in [4.69, 9.17) is 0 Å². The van der Waals surface area contributed by atoms with Crippen molar-refractivity contribution >= 4 is 16.1 Å². The molecule has 158 valence electrons. The van der Waals surface area contributed by atoms with E-state index in [1.54, 1.807) is 5.57 Å². The van der Waals surface area contributed by atoms with Crippen molar-refractivity contribution in [2.45, 2.75) is 90.4 Å². The van der Waals surface area contributed by atoms with E-state index in [-0.39, 0.29) is 0 Å². The van der Waals surface area contributed by atoms with Crippen molar-refractivity contribution < 1.29 is 0 Å². The first-order valence-corrected chi connectivity index (χ1v) is 17.4. The lowest BCUT2D eigenvalue weighted by atomic mass is 10.1. The molecule has 0 amide bonds. The molecule has 1 aromatic carbocycles. The van der Waals surface area contributed by atoms with Gasteiger partial charge < -0.3 is 0 Å². The van der Waals surface area contributed by atoms with Gasteiger partial charge in [-0.1, -0.05) is 109 Å². The van der Waals surface area contributed by atoms with Gasteiger partial charge >= 0.3 is 0 Å². The van der Waals surface area contributed by atoms with Crippen LogP contribution < -0.4 is 0 Å². The Bertz CT molecular complexity index is 675. The van der Waals surface area contributed by atoms with Crippen LogP contribution in [0.3, 0.4) is 0 Å². The Hall–Kier alpha value is -0.646. The van der Waals surface area contributed by atoms with E-state index in [0.29, 0.717) is 10.1 Å². The van der Waals surface area contributed by atoms with Gasteiger partial charge in [-0.3, -0.25) is 4.90 Å². The van der Waals surface area contributed by atoms with E-state index < -0.39 is 16.1 Å². The van der Waals surface area contributed by atoms with Crippen molar-refractivity contribution in [3.63, 3.8) is 0 Å². The highest BCUT2D eigenvalue weighted by molar-refractivity contribution is 6.85. The maximum absolute atomic E-state index is 2.79. The minimum Gasteiger partial charge on any atom is -0.295 e. The lowest BCUT2D eigenvalue weighted by Crippen LogP contribution is -2.40. The summed E-state index contributed by atoms with van der Waals surface area (Å²) in [5, 5.41) is 0.871. The fraction of sp³-hybridized carbons (Fsp3) is 0.680. The van der Waals surface area contributed by atoms with Crippen LogP contribution in [0.15, 0.2) is 41.6 Å². The van der Waals surface area contributed by atoms with Gasteiger partial charge in [0.25, 0.3) is 0 Å². The largest absolute Gasteiger partial charge is 0.295 e. The second kappa shape index (κ2) is 8.24. The topological polar surface area (TPSA) is 3.24 Å². The minimum atomic E-state index is -1.43. The molecule has 0 N–H and O–H groups in total.